The van der Waals surface area contributed by atoms with E-state index in [1.807, 2.05) is 6.07 Å². The maximum absolute atomic E-state index is 12.2. The predicted molar refractivity (Wildman–Crippen MR) is 85.8 cm³/mol. The van der Waals surface area contributed by atoms with Gasteiger partial charge in [-0.05, 0) is 59.0 Å². The Morgan fingerprint density at radius 2 is 1.89 bits per heavy atom. The summed E-state index contributed by atoms with van der Waals surface area (Å²) >= 11 is 8.00. The third kappa shape index (κ3) is 3.52. The first-order chi connectivity index (χ1) is 8.88. The van der Waals surface area contributed by atoms with E-state index >= 15 is 0 Å². The summed E-state index contributed by atoms with van der Waals surface area (Å²) in [5.41, 5.74) is 6.41. The van der Waals surface area contributed by atoms with Gasteiger partial charge in [-0.1, -0.05) is 17.7 Å². The van der Waals surface area contributed by atoms with E-state index in [2.05, 4.69) is 27.3 Å². The smallest absolute Gasteiger partial charge is 0.263 e. The SMILES string of the molecule is Nc1ccc(Cl)c(S(=O)(=O)Nc2cccc(I)c2)c1. The molecule has 3 N–H and O–H groups in total. The second-order valence-corrected chi connectivity index (χ2v) is 7.11. The zero-order chi connectivity index (χ0) is 14.0. The number of halogens is 2. The van der Waals surface area contributed by atoms with Crippen molar-refractivity contribution in [3.8, 4) is 0 Å². The van der Waals surface area contributed by atoms with Crippen molar-refractivity contribution in [1.82, 2.24) is 0 Å². The maximum Gasteiger partial charge on any atom is 0.263 e. The van der Waals surface area contributed by atoms with Crippen LogP contribution in [0.2, 0.25) is 5.02 Å². The van der Waals surface area contributed by atoms with Gasteiger partial charge in [-0.3, -0.25) is 4.72 Å². The van der Waals surface area contributed by atoms with Gasteiger partial charge in [0.2, 0.25) is 0 Å². The topological polar surface area (TPSA) is 72.2 Å². The predicted octanol–water partition coefficient (Wildman–Crippen LogP) is 3.33. The molecule has 0 bridgehead atoms. The fraction of sp³-hybridized carbons (Fsp3) is 0. The molecular formula is C12H10ClIN2O2S. The molecule has 0 amide bonds. The van der Waals surface area contributed by atoms with Crippen LogP contribution >= 0.6 is 34.2 Å². The Bertz CT molecular complexity index is 719. The monoisotopic (exact) mass is 408 g/mol. The Labute approximate surface area is 130 Å². The lowest BCUT2D eigenvalue weighted by Gasteiger charge is -2.10. The van der Waals surface area contributed by atoms with Gasteiger partial charge in [0.1, 0.15) is 4.90 Å². The largest absolute Gasteiger partial charge is 0.399 e. The summed E-state index contributed by atoms with van der Waals surface area (Å²) in [6.45, 7) is 0. The van der Waals surface area contributed by atoms with E-state index in [0.717, 1.165) is 3.57 Å². The summed E-state index contributed by atoms with van der Waals surface area (Å²) in [7, 11) is -3.75. The molecule has 0 heterocycles. The summed E-state index contributed by atoms with van der Waals surface area (Å²) in [6.07, 6.45) is 0. The fourth-order valence-electron chi connectivity index (χ4n) is 1.49. The number of anilines is 2. The molecule has 0 unspecified atom stereocenters. The van der Waals surface area contributed by atoms with Gasteiger partial charge in [0, 0.05) is 14.9 Å². The molecule has 0 aliphatic rings. The van der Waals surface area contributed by atoms with Crippen molar-refractivity contribution < 1.29 is 8.42 Å². The van der Waals surface area contributed by atoms with Gasteiger partial charge in [0.25, 0.3) is 10.0 Å². The number of nitrogens with one attached hydrogen (secondary N) is 1. The Kier molecular flexibility index (Phi) is 4.22. The first-order valence-corrected chi connectivity index (χ1v) is 8.16. The van der Waals surface area contributed by atoms with Gasteiger partial charge in [0.15, 0.2) is 0 Å². The second-order valence-electron chi connectivity index (χ2n) is 3.81. The third-order valence-corrected chi connectivity index (χ3v) is 4.86. The molecule has 0 fully saturated rings. The van der Waals surface area contributed by atoms with Crippen molar-refractivity contribution in [1.29, 1.82) is 0 Å². The van der Waals surface area contributed by atoms with Crippen LogP contribution in [0.4, 0.5) is 11.4 Å². The van der Waals surface area contributed by atoms with Crippen molar-refractivity contribution in [3.05, 3.63) is 51.1 Å². The zero-order valence-corrected chi connectivity index (χ0v) is 13.3. The fourth-order valence-corrected chi connectivity index (χ4v) is 3.62. The van der Waals surface area contributed by atoms with Gasteiger partial charge in [-0.2, -0.15) is 0 Å². The van der Waals surface area contributed by atoms with E-state index in [1.165, 1.54) is 12.1 Å². The van der Waals surface area contributed by atoms with E-state index in [9.17, 15) is 8.42 Å². The molecule has 0 spiro atoms. The highest BCUT2D eigenvalue weighted by molar-refractivity contribution is 14.1. The molecule has 2 rings (SSSR count). The molecule has 2 aromatic carbocycles. The Morgan fingerprint density at radius 3 is 2.58 bits per heavy atom. The van der Waals surface area contributed by atoms with Gasteiger partial charge in [-0.15, -0.1) is 0 Å². The summed E-state index contributed by atoms with van der Waals surface area (Å²) in [5, 5.41) is 0.132. The van der Waals surface area contributed by atoms with Gasteiger partial charge < -0.3 is 5.73 Å². The van der Waals surface area contributed by atoms with Crippen LogP contribution in [-0.4, -0.2) is 8.42 Å². The zero-order valence-electron chi connectivity index (χ0n) is 9.60. The molecule has 4 nitrogen and oxygen atoms in total. The molecule has 2 aromatic rings. The Balaban J connectivity index is 2.40. The van der Waals surface area contributed by atoms with Crippen LogP contribution in [0.25, 0.3) is 0 Å². The molecule has 0 saturated carbocycles. The van der Waals surface area contributed by atoms with Crippen molar-refractivity contribution in [2.45, 2.75) is 4.90 Å². The normalized spacial score (nSPS) is 11.3. The molecule has 0 aliphatic carbocycles. The number of hydrogen-bond donors (Lipinski definition) is 2. The number of hydrogen-bond acceptors (Lipinski definition) is 3. The minimum Gasteiger partial charge on any atom is -0.399 e. The van der Waals surface area contributed by atoms with Crippen LogP contribution in [0.3, 0.4) is 0 Å². The van der Waals surface area contributed by atoms with E-state index < -0.39 is 10.0 Å². The Hall–Kier alpha value is -0.990. The van der Waals surface area contributed by atoms with Crippen LogP contribution in [0, 0.1) is 3.57 Å². The third-order valence-electron chi connectivity index (χ3n) is 2.32. The standard InChI is InChI=1S/C12H10ClIN2O2S/c13-11-5-4-9(15)7-12(11)19(17,18)16-10-3-1-2-8(14)6-10/h1-7,16H,15H2. The average Bonchev–Trinajstić information content (AvgIpc) is 2.31. The lowest BCUT2D eigenvalue weighted by Crippen LogP contribution is -2.13. The number of rotatable bonds is 3. The number of nitrogen functional groups attached to an aromatic ring is 1. The molecular weight excluding hydrogens is 399 g/mol. The minimum atomic E-state index is -3.75. The highest BCUT2D eigenvalue weighted by Crippen LogP contribution is 2.26. The van der Waals surface area contributed by atoms with E-state index in [0.29, 0.717) is 11.4 Å². The first kappa shape index (κ1) is 14.4. The molecule has 0 aliphatic heterocycles. The maximum atomic E-state index is 12.2. The molecule has 100 valence electrons. The molecule has 0 saturated heterocycles. The molecule has 7 heteroatoms. The first-order valence-electron chi connectivity index (χ1n) is 5.22. The molecule has 19 heavy (non-hydrogen) atoms. The van der Waals surface area contributed by atoms with Crippen LogP contribution < -0.4 is 10.5 Å². The van der Waals surface area contributed by atoms with Crippen LogP contribution in [0.5, 0.6) is 0 Å². The summed E-state index contributed by atoms with van der Waals surface area (Å²) < 4.78 is 27.9. The quantitative estimate of drug-likeness (QED) is 0.604. The van der Waals surface area contributed by atoms with Crippen molar-refractivity contribution >= 4 is 55.6 Å². The average molecular weight is 409 g/mol. The Morgan fingerprint density at radius 1 is 1.16 bits per heavy atom. The highest BCUT2D eigenvalue weighted by atomic mass is 127. The van der Waals surface area contributed by atoms with Crippen molar-refractivity contribution in [2.75, 3.05) is 10.5 Å². The van der Waals surface area contributed by atoms with Crippen LogP contribution in [-0.2, 0) is 10.0 Å². The van der Waals surface area contributed by atoms with Gasteiger partial charge >= 0.3 is 0 Å². The minimum absolute atomic E-state index is 0.0342. The number of nitrogens with two attached hydrogens (primary N) is 1. The van der Waals surface area contributed by atoms with Gasteiger partial charge in [0.05, 0.1) is 5.02 Å². The van der Waals surface area contributed by atoms with Crippen molar-refractivity contribution in [3.63, 3.8) is 0 Å². The van der Waals surface area contributed by atoms with E-state index in [4.69, 9.17) is 17.3 Å². The highest BCUT2D eigenvalue weighted by Gasteiger charge is 2.18. The summed E-state index contributed by atoms with van der Waals surface area (Å²) in [4.78, 5) is -0.0342. The molecule has 0 radical (unpaired) electrons. The van der Waals surface area contributed by atoms with Crippen LogP contribution in [0.15, 0.2) is 47.4 Å². The summed E-state index contributed by atoms with van der Waals surface area (Å²) in [6, 6.07) is 11.4. The molecule has 0 atom stereocenters. The van der Waals surface area contributed by atoms with E-state index in [-0.39, 0.29) is 9.92 Å². The van der Waals surface area contributed by atoms with Gasteiger partial charge in [-0.25, -0.2) is 8.42 Å². The second kappa shape index (κ2) is 5.56. The summed E-state index contributed by atoms with van der Waals surface area (Å²) in [5.74, 6) is 0. The van der Waals surface area contributed by atoms with Crippen molar-refractivity contribution in [2.24, 2.45) is 0 Å². The molecule has 0 aromatic heterocycles. The van der Waals surface area contributed by atoms with E-state index in [1.54, 1.807) is 24.3 Å². The lowest BCUT2D eigenvalue weighted by molar-refractivity contribution is 0.601. The number of sulfonamides is 1. The van der Waals surface area contributed by atoms with Crippen LogP contribution in [0.1, 0.15) is 0 Å². The number of benzene rings is 2. The lowest BCUT2D eigenvalue weighted by atomic mass is 10.3.